The zero-order valence-corrected chi connectivity index (χ0v) is 10.5. The maximum absolute atomic E-state index is 6.20. The van der Waals surface area contributed by atoms with E-state index in [4.69, 9.17) is 23.2 Å². The van der Waals surface area contributed by atoms with Crippen LogP contribution < -0.4 is 5.32 Å². The topological polar surface area (TPSA) is 29.9 Å². The highest BCUT2D eigenvalue weighted by molar-refractivity contribution is 6.43. The third-order valence-electron chi connectivity index (χ3n) is 2.74. The predicted octanol–water partition coefficient (Wildman–Crippen LogP) is 3.75. The largest absolute Gasteiger partial charge is 0.353 e. The lowest BCUT2D eigenvalue weighted by Crippen LogP contribution is -2.07. The van der Waals surface area contributed by atoms with Gasteiger partial charge in [0.05, 0.1) is 15.7 Å². The van der Waals surface area contributed by atoms with Gasteiger partial charge in [-0.1, -0.05) is 29.3 Å². The fourth-order valence-corrected chi connectivity index (χ4v) is 2.08. The molecule has 0 spiro atoms. The van der Waals surface area contributed by atoms with E-state index in [2.05, 4.69) is 10.3 Å². The maximum atomic E-state index is 6.20. The predicted molar refractivity (Wildman–Crippen MR) is 70.2 cm³/mol. The minimum atomic E-state index is 0.547. The number of hydrogen-bond acceptors (Lipinski definition) is 2. The van der Waals surface area contributed by atoms with Gasteiger partial charge in [0.1, 0.15) is 0 Å². The van der Waals surface area contributed by atoms with Crippen LogP contribution in [0.5, 0.6) is 0 Å². The molecule has 5 heteroatoms. The number of hydrogen-bond donors (Lipinski definition) is 1. The SMILES string of the molecule is Clc1cccc(-n2ccnc2NC2CC2)c1Cl. The van der Waals surface area contributed by atoms with Crippen LogP contribution in [0.3, 0.4) is 0 Å². The monoisotopic (exact) mass is 267 g/mol. The Hall–Kier alpha value is -1.19. The highest BCUT2D eigenvalue weighted by Crippen LogP contribution is 2.31. The van der Waals surface area contributed by atoms with Gasteiger partial charge in [-0.2, -0.15) is 0 Å². The third-order valence-corrected chi connectivity index (χ3v) is 3.55. The lowest BCUT2D eigenvalue weighted by atomic mass is 10.3. The van der Waals surface area contributed by atoms with E-state index in [9.17, 15) is 0 Å². The Morgan fingerprint density at radius 1 is 1.29 bits per heavy atom. The van der Waals surface area contributed by atoms with Crippen molar-refractivity contribution >= 4 is 29.2 Å². The summed E-state index contributed by atoms with van der Waals surface area (Å²) in [6.07, 6.45) is 6.04. The van der Waals surface area contributed by atoms with Gasteiger partial charge < -0.3 is 5.32 Å². The van der Waals surface area contributed by atoms with Gasteiger partial charge in [0.15, 0.2) is 0 Å². The Morgan fingerprint density at radius 3 is 2.88 bits per heavy atom. The molecule has 1 aromatic carbocycles. The summed E-state index contributed by atoms with van der Waals surface area (Å²) in [6.45, 7) is 0. The molecular formula is C12H11Cl2N3. The smallest absolute Gasteiger partial charge is 0.207 e. The standard InChI is InChI=1S/C12H11Cl2N3/c13-9-2-1-3-10(11(9)14)17-7-6-15-12(17)16-8-4-5-8/h1-3,6-8H,4-5H2,(H,15,16). The zero-order valence-electron chi connectivity index (χ0n) is 9.03. The van der Waals surface area contributed by atoms with Crippen LogP contribution >= 0.6 is 23.2 Å². The molecule has 0 radical (unpaired) electrons. The van der Waals surface area contributed by atoms with E-state index in [0.717, 1.165) is 11.6 Å². The van der Waals surface area contributed by atoms with Crippen LogP contribution in [0.4, 0.5) is 5.95 Å². The highest BCUT2D eigenvalue weighted by atomic mass is 35.5. The molecule has 1 aliphatic carbocycles. The van der Waals surface area contributed by atoms with E-state index < -0.39 is 0 Å². The number of rotatable bonds is 3. The summed E-state index contributed by atoms with van der Waals surface area (Å²) in [5, 5.41) is 4.46. The molecule has 1 saturated carbocycles. The van der Waals surface area contributed by atoms with Crippen molar-refractivity contribution in [3.05, 3.63) is 40.6 Å². The average Bonchev–Trinajstić information content (AvgIpc) is 3.01. The molecule has 3 nitrogen and oxygen atoms in total. The van der Waals surface area contributed by atoms with Crippen LogP contribution in [0, 0.1) is 0 Å². The van der Waals surface area contributed by atoms with E-state index in [0.29, 0.717) is 16.1 Å². The van der Waals surface area contributed by atoms with E-state index in [1.807, 2.05) is 22.9 Å². The molecule has 1 N–H and O–H groups in total. The fourth-order valence-electron chi connectivity index (χ4n) is 1.69. The van der Waals surface area contributed by atoms with Crippen molar-refractivity contribution in [2.45, 2.75) is 18.9 Å². The number of imidazole rings is 1. The van der Waals surface area contributed by atoms with Crippen LogP contribution in [-0.2, 0) is 0 Å². The number of benzene rings is 1. The van der Waals surface area contributed by atoms with Crippen molar-refractivity contribution in [3.63, 3.8) is 0 Å². The van der Waals surface area contributed by atoms with Gasteiger partial charge in [0, 0.05) is 18.4 Å². The van der Waals surface area contributed by atoms with Crippen molar-refractivity contribution < 1.29 is 0 Å². The van der Waals surface area contributed by atoms with E-state index >= 15 is 0 Å². The number of halogens is 2. The number of aromatic nitrogens is 2. The Kier molecular flexibility index (Phi) is 2.73. The van der Waals surface area contributed by atoms with Gasteiger partial charge in [0.25, 0.3) is 0 Å². The fraction of sp³-hybridized carbons (Fsp3) is 0.250. The Morgan fingerprint density at radius 2 is 2.12 bits per heavy atom. The lowest BCUT2D eigenvalue weighted by molar-refractivity contribution is 1.00. The number of anilines is 1. The minimum absolute atomic E-state index is 0.547. The summed E-state index contributed by atoms with van der Waals surface area (Å²) in [5.74, 6) is 0.816. The first-order valence-electron chi connectivity index (χ1n) is 5.50. The Labute approximate surface area is 109 Å². The Balaban J connectivity index is 2.02. The van der Waals surface area contributed by atoms with Gasteiger partial charge >= 0.3 is 0 Å². The second-order valence-corrected chi connectivity index (χ2v) is 4.90. The molecule has 0 atom stereocenters. The van der Waals surface area contributed by atoms with Crippen LogP contribution in [0.25, 0.3) is 5.69 Å². The third kappa shape index (κ3) is 2.13. The Bertz CT molecular complexity index is 546. The van der Waals surface area contributed by atoms with Crippen LogP contribution in [0.15, 0.2) is 30.6 Å². The van der Waals surface area contributed by atoms with E-state index in [1.165, 1.54) is 12.8 Å². The summed E-state index contributed by atoms with van der Waals surface area (Å²) in [7, 11) is 0. The van der Waals surface area contributed by atoms with Gasteiger partial charge in [-0.25, -0.2) is 4.98 Å². The minimum Gasteiger partial charge on any atom is -0.353 e. The first-order chi connectivity index (χ1) is 8.25. The summed E-state index contributed by atoms with van der Waals surface area (Å²) in [4.78, 5) is 4.29. The number of nitrogens with one attached hydrogen (secondary N) is 1. The maximum Gasteiger partial charge on any atom is 0.207 e. The van der Waals surface area contributed by atoms with Crippen molar-refractivity contribution in [3.8, 4) is 5.69 Å². The molecule has 0 saturated heterocycles. The summed E-state index contributed by atoms with van der Waals surface area (Å²) < 4.78 is 1.92. The molecule has 1 aliphatic rings. The van der Waals surface area contributed by atoms with Crippen LogP contribution in [0.2, 0.25) is 10.0 Å². The first kappa shape index (κ1) is 10.9. The van der Waals surface area contributed by atoms with Crippen molar-refractivity contribution in [2.75, 3.05) is 5.32 Å². The normalized spacial score (nSPS) is 14.9. The second-order valence-electron chi connectivity index (χ2n) is 4.11. The molecule has 88 valence electrons. The zero-order chi connectivity index (χ0) is 11.8. The summed E-state index contributed by atoms with van der Waals surface area (Å²) in [5.41, 5.74) is 0.847. The van der Waals surface area contributed by atoms with Gasteiger partial charge in [-0.15, -0.1) is 0 Å². The van der Waals surface area contributed by atoms with Crippen molar-refractivity contribution in [1.82, 2.24) is 9.55 Å². The van der Waals surface area contributed by atoms with Gasteiger partial charge in [-0.05, 0) is 25.0 Å². The molecule has 17 heavy (non-hydrogen) atoms. The molecule has 1 fully saturated rings. The van der Waals surface area contributed by atoms with Crippen LogP contribution in [-0.4, -0.2) is 15.6 Å². The molecule has 1 heterocycles. The van der Waals surface area contributed by atoms with Crippen molar-refractivity contribution in [1.29, 1.82) is 0 Å². The number of nitrogens with zero attached hydrogens (tertiary/aromatic N) is 2. The van der Waals surface area contributed by atoms with Gasteiger partial charge in [-0.3, -0.25) is 4.57 Å². The molecule has 3 rings (SSSR count). The van der Waals surface area contributed by atoms with Crippen LogP contribution in [0.1, 0.15) is 12.8 Å². The average molecular weight is 268 g/mol. The molecule has 2 aromatic rings. The summed E-state index contributed by atoms with van der Waals surface area (Å²) >= 11 is 12.2. The van der Waals surface area contributed by atoms with Gasteiger partial charge in [0.2, 0.25) is 5.95 Å². The highest BCUT2D eigenvalue weighted by Gasteiger charge is 2.23. The quantitative estimate of drug-likeness (QED) is 0.918. The molecule has 1 aromatic heterocycles. The molecule has 0 bridgehead atoms. The van der Waals surface area contributed by atoms with E-state index in [1.54, 1.807) is 12.3 Å². The second kappa shape index (κ2) is 4.24. The molecule has 0 unspecified atom stereocenters. The van der Waals surface area contributed by atoms with E-state index in [-0.39, 0.29) is 0 Å². The first-order valence-corrected chi connectivity index (χ1v) is 6.25. The molecule has 0 aliphatic heterocycles. The lowest BCUT2D eigenvalue weighted by Gasteiger charge is -2.11. The molecular weight excluding hydrogens is 257 g/mol. The summed E-state index contributed by atoms with van der Waals surface area (Å²) in [6, 6.07) is 6.13. The van der Waals surface area contributed by atoms with Crippen molar-refractivity contribution in [2.24, 2.45) is 0 Å². The molecule has 0 amide bonds.